The van der Waals surface area contributed by atoms with Gasteiger partial charge in [-0.3, -0.25) is 4.79 Å². The van der Waals surface area contributed by atoms with E-state index in [0.29, 0.717) is 29.4 Å². The number of aryl methyl sites for hydroxylation is 1. The van der Waals surface area contributed by atoms with Crippen LogP contribution in [0.3, 0.4) is 0 Å². The minimum Gasteiger partial charge on any atom is -0.475 e. The molecule has 4 N–H and O–H groups in total. The van der Waals surface area contributed by atoms with Crippen molar-refractivity contribution >= 4 is 17.3 Å². The fraction of sp³-hybridized carbons (Fsp3) is 0.129. The van der Waals surface area contributed by atoms with Gasteiger partial charge < -0.3 is 21.1 Å². The normalized spacial score (nSPS) is 11.4. The third kappa shape index (κ3) is 6.33. The molecule has 0 unspecified atom stereocenters. The SMILES string of the molecule is C=C(N[C@@H](c1ccccc1)c1ccc(C(=O)Nc2ccccc2N)cc1)OCc1ccc(CC)cc1. The number of hydrogen-bond acceptors (Lipinski definition) is 4. The third-order valence-electron chi connectivity index (χ3n) is 6.00. The zero-order valence-corrected chi connectivity index (χ0v) is 20.4. The molecule has 4 aromatic carbocycles. The predicted molar refractivity (Wildman–Crippen MR) is 146 cm³/mol. The van der Waals surface area contributed by atoms with Crippen molar-refractivity contribution in [1.82, 2.24) is 5.32 Å². The second kappa shape index (κ2) is 11.8. The molecule has 4 rings (SSSR count). The van der Waals surface area contributed by atoms with Gasteiger partial charge in [0, 0.05) is 5.56 Å². The van der Waals surface area contributed by atoms with E-state index >= 15 is 0 Å². The van der Waals surface area contributed by atoms with Gasteiger partial charge in [-0.05, 0) is 59.5 Å². The van der Waals surface area contributed by atoms with Crippen molar-refractivity contribution in [3.63, 3.8) is 0 Å². The quantitative estimate of drug-likeness (QED) is 0.181. The molecule has 0 aliphatic carbocycles. The summed E-state index contributed by atoms with van der Waals surface area (Å²) in [4.78, 5) is 12.7. The van der Waals surface area contributed by atoms with Crippen LogP contribution in [0.15, 0.2) is 116 Å². The van der Waals surface area contributed by atoms with E-state index in [0.717, 1.165) is 23.1 Å². The second-order valence-corrected chi connectivity index (χ2v) is 8.53. The summed E-state index contributed by atoms with van der Waals surface area (Å²) < 4.78 is 5.93. The summed E-state index contributed by atoms with van der Waals surface area (Å²) in [7, 11) is 0. The maximum atomic E-state index is 12.7. The van der Waals surface area contributed by atoms with E-state index in [1.54, 1.807) is 24.3 Å². The van der Waals surface area contributed by atoms with Crippen molar-refractivity contribution in [2.24, 2.45) is 0 Å². The summed E-state index contributed by atoms with van der Waals surface area (Å²) in [6, 6.07) is 32.9. The number of benzene rings is 4. The Hall–Kier alpha value is -4.51. The standard InChI is InChI=1S/C31H31N3O2/c1-3-23-13-15-24(16-14-23)21-36-22(2)33-30(25-9-5-4-6-10-25)26-17-19-27(20-18-26)31(35)34-29-12-8-7-11-28(29)32/h4-20,30,33H,2-3,21,32H2,1H3,(H,34,35)/t30-/m0/s1. The van der Waals surface area contributed by atoms with Crippen LogP contribution in [0, 0.1) is 0 Å². The number of amides is 1. The first-order chi connectivity index (χ1) is 17.5. The van der Waals surface area contributed by atoms with Gasteiger partial charge in [0.05, 0.1) is 17.4 Å². The average molecular weight is 478 g/mol. The highest BCUT2D eigenvalue weighted by Gasteiger charge is 2.16. The number of nitrogen functional groups attached to an aromatic ring is 1. The van der Waals surface area contributed by atoms with Crippen LogP contribution in [0.1, 0.15) is 45.6 Å². The van der Waals surface area contributed by atoms with Gasteiger partial charge in [0.1, 0.15) is 6.61 Å². The molecule has 1 amide bonds. The summed E-state index contributed by atoms with van der Waals surface area (Å²) in [5.41, 5.74) is 12.0. The van der Waals surface area contributed by atoms with Crippen LogP contribution in [0.5, 0.6) is 0 Å². The number of carbonyl (C=O) groups is 1. The number of anilines is 2. The van der Waals surface area contributed by atoms with E-state index in [1.807, 2.05) is 54.6 Å². The summed E-state index contributed by atoms with van der Waals surface area (Å²) >= 11 is 0. The van der Waals surface area contributed by atoms with Crippen molar-refractivity contribution in [3.05, 3.63) is 143 Å². The molecule has 5 heteroatoms. The lowest BCUT2D eigenvalue weighted by Gasteiger charge is -2.23. The van der Waals surface area contributed by atoms with Crippen molar-refractivity contribution in [2.75, 3.05) is 11.1 Å². The Kier molecular flexibility index (Phi) is 8.04. The van der Waals surface area contributed by atoms with Gasteiger partial charge in [-0.2, -0.15) is 0 Å². The minimum absolute atomic E-state index is 0.192. The smallest absolute Gasteiger partial charge is 0.255 e. The van der Waals surface area contributed by atoms with Gasteiger partial charge in [-0.1, -0.05) is 85.8 Å². The summed E-state index contributed by atoms with van der Waals surface area (Å²) in [5.74, 6) is 0.260. The maximum Gasteiger partial charge on any atom is 0.255 e. The number of rotatable bonds is 10. The molecule has 0 radical (unpaired) electrons. The first kappa shape index (κ1) is 24.6. The molecule has 0 aromatic heterocycles. The van der Waals surface area contributed by atoms with E-state index in [4.69, 9.17) is 10.5 Å². The van der Waals surface area contributed by atoms with E-state index in [-0.39, 0.29) is 11.9 Å². The molecule has 0 saturated carbocycles. The summed E-state index contributed by atoms with van der Waals surface area (Å²) in [6.07, 6.45) is 1.01. The first-order valence-electron chi connectivity index (χ1n) is 12.0. The lowest BCUT2D eigenvalue weighted by Crippen LogP contribution is -2.23. The number of nitrogens with two attached hydrogens (primary N) is 1. The molecule has 36 heavy (non-hydrogen) atoms. The van der Waals surface area contributed by atoms with Gasteiger partial charge in [0.25, 0.3) is 5.91 Å². The van der Waals surface area contributed by atoms with E-state index in [2.05, 4.69) is 48.4 Å². The fourth-order valence-electron chi connectivity index (χ4n) is 3.88. The number of para-hydroxylation sites is 2. The lowest BCUT2D eigenvalue weighted by molar-refractivity contribution is 0.102. The minimum atomic E-state index is -0.217. The highest BCUT2D eigenvalue weighted by atomic mass is 16.5. The molecule has 0 aliphatic rings. The Morgan fingerprint density at radius 3 is 2.11 bits per heavy atom. The molecule has 4 aromatic rings. The fourth-order valence-corrected chi connectivity index (χ4v) is 3.88. The monoisotopic (exact) mass is 477 g/mol. The van der Waals surface area contributed by atoms with Crippen LogP contribution in [0.2, 0.25) is 0 Å². The third-order valence-corrected chi connectivity index (χ3v) is 6.00. The van der Waals surface area contributed by atoms with Crippen LogP contribution in [-0.2, 0) is 17.8 Å². The number of nitrogens with one attached hydrogen (secondary N) is 2. The summed E-state index contributed by atoms with van der Waals surface area (Å²) in [6.45, 7) is 6.65. The zero-order chi connectivity index (χ0) is 25.3. The molecular weight excluding hydrogens is 446 g/mol. The van der Waals surface area contributed by atoms with Gasteiger partial charge in [-0.15, -0.1) is 0 Å². The van der Waals surface area contributed by atoms with Crippen LogP contribution in [-0.4, -0.2) is 5.91 Å². The van der Waals surface area contributed by atoms with Crippen molar-refractivity contribution in [3.8, 4) is 0 Å². The molecule has 0 fully saturated rings. The summed E-state index contributed by atoms with van der Waals surface area (Å²) in [5, 5.41) is 6.27. The lowest BCUT2D eigenvalue weighted by atomic mass is 9.97. The molecule has 0 bridgehead atoms. The van der Waals surface area contributed by atoms with E-state index in [9.17, 15) is 4.79 Å². The van der Waals surface area contributed by atoms with Gasteiger partial charge in [-0.25, -0.2) is 0 Å². The van der Waals surface area contributed by atoms with Crippen molar-refractivity contribution < 1.29 is 9.53 Å². The largest absolute Gasteiger partial charge is 0.475 e. The molecule has 0 saturated heterocycles. The Bertz CT molecular complexity index is 1300. The molecule has 0 spiro atoms. The molecular formula is C31H31N3O2. The molecule has 182 valence electrons. The Labute approximate surface area is 212 Å². The molecule has 0 heterocycles. The van der Waals surface area contributed by atoms with Crippen LogP contribution >= 0.6 is 0 Å². The van der Waals surface area contributed by atoms with Crippen molar-refractivity contribution in [2.45, 2.75) is 26.0 Å². The van der Waals surface area contributed by atoms with Crippen LogP contribution in [0.25, 0.3) is 0 Å². The molecule has 5 nitrogen and oxygen atoms in total. The van der Waals surface area contributed by atoms with Crippen molar-refractivity contribution in [1.29, 1.82) is 0 Å². The van der Waals surface area contributed by atoms with E-state index < -0.39 is 0 Å². The van der Waals surface area contributed by atoms with Gasteiger partial charge >= 0.3 is 0 Å². The predicted octanol–water partition coefficient (Wildman–Crippen LogP) is 6.45. The maximum absolute atomic E-state index is 12.7. The van der Waals surface area contributed by atoms with Crippen LogP contribution in [0.4, 0.5) is 11.4 Å². The Balaban J connectivity index is 1.46. The number of ether oxygens (including phenoxy) is 1. The zero-order valence-electron chi connectivity index (χ0n) is 20.4. The highest BCUT2D eigenvalue weighted by Crippen LogP contribution is 2.25. The first-order valence-corrected chi connectivity index (χ1v) is 12.0. The molecule has 1 atom stereocenters. The Morgan fingerprint density at radius 1 is 0.833 bits per heavy atom. The highest BCUT2D eigenvalue weighted by molar-refractivity contribution is 6.05. The number of carbonyl (C=O) groups excluding carboxylic acids is 1. The topological polar surface area (TPSA) is 76.4 Å². The van der Waals surface area contributed by atoms with Gasteiger partial charge in [0.2, 0.25) is 0 Å². The average Bonchev–Trinajstić information content (AvgIpc) is 2.92. The molecule has 0 aliphatic heterocycles. The van der Waals surface area contributed by atoms with Crippen LogP contribution < -0.4 is 16.4 Å². The van der Waals surface area contributed by atoms with Gasteiger partial charge in [0.15, 0.2) is 5.88 Å². The van der Waals surface area contributed by atoms with E-state index in [1.165, 1.54) is 5.56 Å². The number of hydrogen-bond donors (Lipinski definition) is 3. The Morgan fingerprint density at radius 2 is 1.44 bits per heavy atom. The second-order valence-electron chi connectivity index (χ2n) is 8.53.